The fourth-order valence-electron chi connectivity index (χ4n) is 5.10. The Bertz CT molecular complexity index is 1440. The second-order valence-corrected chi connectivity index (χ2v) is 11.1. The molecule has 2 aromatic heterocycles. The molecule has 40 heavy (non-hydrogen) atoms. The van der Waals surface area contributed by atoms with Crippen LogP contribution in [0.15, 0.2) is 65.1 Å². The Hall–Kier alpha value is -3.20. The molecule has 8 heteroatoms. The molecular weight excluding hydrogens is 570 g/mol. The lowest BCUT2D eigenvalue weighted by Gasteiger charge is -2.39. The fraction of sp³-hybridized carbons (Fsp3) is 0.375. The number of aliphatic hydroxyl groups is 1. The van der Waals surface area contributed by atoms with Gasteiger partial charge in [0.1, 0.15) is 5.60 Å². The molecule has 0 saturated carbocycles. The first-order chi connectivity index (χ1) is 19.2. The van der Waals surface area contributed by atoms with Gasteiger partial charge in [0, 0.05) is 40.0 Å². The Kier molecular flexibility index (Phi) is 9.66. The highest BCUT2D eigenvalue weighted by atomic mass is 79.9. The second-order valence-electron chi connectivity index (χ2n) is 10.1. The first-order valence-electron chi connectivity index (χ1n) is 13.5. The number of rotatable bonds is 12. The minimum atomic E-state index is -1.41. The number of hydrogen-bond acceptors (Lipinski definition) is 7. The van der Waals surface area contributed by atoms with E-state index in [-0.39, 0.29) is 0 Å². The van der Waals surface area contributed by atoms with E-state index in [0.29, 0.717) is 49.4 Å². The van der Waals surface area contributed by atoms with Crippen molar-refractivity contribution in [1.29, 1.82) is 0 Å². The highest BCUT2D eigenvalue weighted by Gasteiger charge is 2.43. The number of halogens is 1. The summed E-state index contributed by atoms with van der Waals surface area (Å²) in [6.07, 6.45) is 0.416. The Morgan fingerprint density at radius 3 is 2.25 bits per heavy atom. The lowest BCUT2D eigenvalue weighted by atomic mass is 9.71. The van der Waals surface area contributed by atoms with E-state index in [9.17, 15) is 5.11 Å². The number of ether oxygens (including phenoxy) is 3. The van der Waals surface area contributed by atoms with Gasteiger partial charge in [-0.15, -0.1) is 0 Å². The predicted molar refractivity (Wildman–Crippen MR) is 163 cm³/mol. The van der Waals surface area contributed by atoms with Crippen LogP contribution in [0.1, 0.15) is 48.4 Å². The molecular formula is C32H38BrN3O4. The molecule has 0 fully saturated rings. The van der Waals surface area contributed by atoms with Gasteiger partial charge < -0.3 is 24.2 Å². The van der Waals surface area contributed by atoms with E-state index in [1.807, 2.05) is 64.3 Å². The molecule has 0 aliphatic rings. The monoisotopic (exact) mass is 607 g/mol. The summed E-state index contributed by atoms with van der Waals surface area (Å²) < 4.78 is 18.5. The largest absolute Gasteiger partial charge is 0.481 e. The van der Waals surface area contributed by atoms with E-state index in [2.05, 4.69) is 57.0 Å². The van der Waals surface area contributed by atoms with Gasteiger partial charge in [0.15, 0.2) is 0 Å². The molecule has 4 aromatic rings. The van der Waals surface area contributed by atoms with Crippen LogP contribution in [0.4, 0.5) is 0 Å². The summed E-state index contributed by atoms with van der Waals surface area (Å²) in [4.78, 5) is 11.5. The third-order valence-corrected chi connectivity index (χ3v) is 7.42. The molecule has 0 radical (unpaired) electrons. The van der Waals surface area contributed by atoms with Crippen molar-refractivity contribution in [3.05, 3.63) is 87.4 Å². The number of benzene rings is 2. The molecule has 0 amide bonds. The van der Waals surface area contributed by atoms with Crippen LogP contribution in [0.5, 0.6) is 17.6 Å². The molecule has 4 rings (SSSR count). The maximum atomic E-state index is 13.1. The van der Waals surface area contributed by atoms with Crippen LogP contribution in [0.2, 0.25) is 0 Å². The van der Waals surface area contributed by atoms with E-state index in [4.69, 9.17) is 19.2 Å². The van der Waals surface area contributed by atoms with Crippen LogP contribution in [0, 0.1) is 6.92 Å². The molecule has 1 N–H and O–H groups in total. The molecule has 2 heterocycles. The van der Waals surface area contributed by atoms with Crippen molar-refractivity contribution in [2.45, 2.75) is 38.7 Å². The Labute approximate surface area is 245 Å². The normalized spacial score (nSPS) is 13.7. The number of pyridine rings is 2. The van der Waals surface area contributed by atoms with Gasteiger partial charge in [-0.05, 0) is 76.7 Å². The van der Waals surface area contributed by atoms with Gasteiger partial charge >= 0.3 is 0 Å². The minimum Gasteiger partial charge on any atom is -0.481 e. The molecule has 0 aliphatic heterocycles. The average molecular weight is 609 g/mol. The van der Waals surface area contributed by atoms with Crippen LogP contribution in [-0.2, 0) is 5.60 Å². The first-order valence-corrected chi connectivity index (χ1v) is 14.3. The lowest BCUT2D eigenvalue weighted by molar-refractivity contribution is 0.00321. The number of nitrogens with zero attached hydrogens (tertiary/aromatic N) is 3. The Morgan fingerprint density at radius 1 is 0.950 bits per heavy atom. The van der Waals surface area contributed by atoms with E-state index in [0.717, 1.165) is 32.1 Å². The summed E-state index contributed by atoms with van der Waals surface area (Å²) in [6, 6.07) is 19.9. The lowest BCUT2D eigenvalue weighted by Crippen LogP contribution is -2.38. The standard InChI is InChI=1S/C32H38BrN3O4/c1-7-39-28-19-24(20-29(35-28)40-8-2)32(37,14-15-36(4)5)30(22-11-9-10-21(3)16-22)26-18-23-17-25(33)12-13-27(23)34-31(26)38-6/h9-13,16-20,30,37H,7-8,14-15H2,1-6H3. The fourth-order valence-corrected chi connectivity index (χ4v) is 5.48. The van der Waals surface area contributed by atoms with Crippen LogP contribution >= 0.6 is 15.9 Å². The van der Waals surface area contributed by atoms with Gasteiger partial charge in [0.2, 0.25) is 17.6 Å². The Morgan fingerprint density at radius 2 is 1.65 bits per heavy atom. The maximum absolute atomic E-state index is 13.1. The zero-order valence-electron chi connectivity index (χ0n) is 24.1. The topological polar surface area (TPSA) is 76.9 Å². The van der Waals surface area contributed by atoms with Gasteiger partial charge in [-0.3, -0.25) is 0 Å². The number of fused-ring (bicyclic) bond motifs is 1. The molecule has 0 bridgehead atoms. The third kappa shape index (κ3) is 6.57. The highest BCUT2D eigenvalue weighted by Crippen LogP contribution is 2.48. The SMILES string of the molecule is CCOc1cc(C(O)(CCN(C)C)C(c2cccc(C)c2)c2cc3cc(Br)ccc3nc2OC)cc(OCC)n1. The second kappa shape index (κ2) is 13.0. The first kappa shape index (κ1) is 29.8. The summed E-state index contributed by atoms with van der Waals surface area (Å²) in [5.41, 5.74) is 2.88. The summed E-state index contributed by atoms with van der Waals surface area (Å²) in [7, 11) is 5.62. The molecule has 0 aliphatic carbocycles. The van der Waals surface area contributed by atoms with Crippen molar-refractivity contribution in [3.8, 4) is 17.6 Å². The summed E-state index contributed by atoms with van der Waals surface area (Å²) >= 11 is 3.60. The number of aryl methyl sites for hydroxylation is 1. The smallest absolute Gasteiger partial charge is 0.217 e. The molecule has 2 atom stereocenters. The zero-order chi connectivity index (χ0) is 28.9. The van der Waals surface area contributed by atoms with Crippen molar-refractivity contribution in [3.63, 3.8) is 0 Å². The summed E-state index contributed by atoms with van der Waals surface area (Å²) in [6.45, 7) is 7.38. The molecule has 2 aromatic carbocycles. The number of methoxy groups -OCH3 is 1. The predicted octanol–water partition coefficient (Wildman–Crippen LogP) is 6.48. The van der Waals surface area contributed by atoms with Crippen molar-refractivity contribution >= 4 is 26.8 Å². The van der Waals surface area contributed by atoms with Gasteiger partial charge in [0.25, 0.3) is 0 Å². The van der Waals surface area contributed by atoms with Crippen molar-refractivity contribution in [2.75, 3.05) is 41.0 Å². The van der Waals surface area contributed by atoms with Crippen LogP contribution < -0.4 is 14.2 Å². The van der Waals surface area contributed by atoms with E-state index in [1.165, 1.54) is 0 Å². The molecule has 0 spiro atoms. The quantitative estimate of drug-likeness (QED) is 0.197. The summed E-state index contributed by atoms with van der Waals surface area (Å²) in [5, 5.41) is 14.0. The van der Waals surface area contributed by atoms with Crippen LogP contribution in [0.3, 0.4) is 0 Å². The minimum absolute atomic E-state index is 0.405. The van der Waals surface area contributed by atoms with E-state index < -0.39 is 11.5 Å². The van der Waals surface area contributed by atoms with Gasteiger partial charge in [-0.1, -0.05) is 45.8 Å². The number of aromatic nitrogens is 2. The van der Waals surface area contributed by atoms with Crippen molar-refractivity contribution < 1.29 is 19.3 Å². The highest BCUT2D eigenvalue weighted by molar-refractivity contribution is 9.10. The van der Waals surface area contributed by atoms with Gasteiger partial charge in [-0.25, -0.2) is 4.98 Å². The van der Waals surface area contributed by atoms with Crippen LogP contribution in [-0.4, -0.2) is 60.9 Å². The van der Waals surface area contributed by atoms with Crippen molar-refractivity contribution in [1.82, 2.24) is 14.9 Å². The number of hydrogen-bond donors (Lipinski definition) is 1. The van der Waals surface area contributed by atoms with Gasteiger partial charge in [-0.2, -0.15) is 4.98 Å². The van der Waals surface area contributed by atoms with Crippen molar-refractivity contribution in [2.24, 2.45) is 0 Å². The Balaban J connectivity index is 2.06. The van der Waals surface area contributed by atoms with Gasteiger partial charge in [0.05, 0.1) is 25.8 Å². The zero-order valence-corrected chi connectivity index (χ0v) is 25.7. The molecule has 2 unspecified atom stereocenters. The average Bonchev–Trinajstić information content (AvgIpc) is 2.92. The molecule has 7 nitrogen and oxygen atoms in total. The third-order valence-electron chi connectivity index (χ3n) is 6.93. The molecule has 0 saturated heterocycles. The van der Waals surface area contributed by atoms with E-state index in [1.54, 1.807) is 7.11 Å². The maximum Gasteiger partial charge on any atom is 0.217 e. The van der Waals surface area contributed by atoms with Crippen LogP contribution in [0.25, 0.3) is 10.9 Å². The van der Waals surface area contributed by atoms with E-state index >= 15 is 0 Å². The summed E-state index contributed by atoms with van der Waals surface area (Å²) in [5.74, 6) is 0.739. The molecule has 212 valence electrons.